The molecule has 0 bridgehead atoms. The molecule has 0 amide bonds. The van der Waals surface area contributed by atoms with Crippen molar-refractivity contribution in [1.82, 2.24) is 0 Å². The summed E-state index contributed by atoms with van der Waals surface area (Å²) in [5.74, 6) is -1.57. The first-order valence-electron chi connectivity index (χ1n) is 44.2. The third-order valence-electron chi connectivity index (χ3n) is 24.7. The van der Waals surface area contributed by atoms with Crippen LogP contribution >= 0.6 is 59.8 Å². The quantitative estimate of drug-likeness (QED) is 0.00526. The fourth-order valence-corrected chi connectivity index (χ4v) is 22.1. The van der Waals surface area contributed by atoms with Gasteiger partial charge in [-0.15, -0.1) is 0 Å². The van der Waals surface area contributed by atoms with E-state index in [4.69, 9.17) is 26.8 Å². The second kappa shape index (κ2) is 62.0. The molecule has 0 saturated heterocycles. The Hall–Kier alpha value is -2.05. The summed E-state index contributed by atoms with van der Waals surface area (Å²) in [6.45, 7) is 18.2. The third-order valence-corrected chi connectivity index (χ3v) is 30.8. The van der Waals surface area contributed by atoms with E-state index < -0.39 is 92.7 Å². The average Bonchev–Trinajstić information content (AvgIpc) is 1.61. The summed E-state index contributed by atoms with van der Waals surface area (Å²) in [4.78, 5) is 26.6. The SMILES string of the molecule is CC1(C)C(/C=C/C2=C(Cl)C(=C/C=C3/N(CCCCSOO[O-])c4ccc(S(=O)(=O)[O-])cc4C3(C)C)/CC2)=[N+](CCCCS(=O)(=O)[O-])c2ccc(SOO[O-])cc21.CC1(C)C(/C=C/C2=C(c3cccc(CCCC(=O)O)c3)C(=C/C=C3/N(CCCCSOO[O-])c4ccc(S(=O)(=O)[O-])cc4C3(C)C)/CC2)=[N+](CCCCS(=O)(=O)[O-])c2ccc(SOO[O-])cc21.O=C(O)CCCc1cccc(B(O)O)c1.[Na+].[Na+].[Na+].[Na+].[Na+].[Na+]. The Balaban J connectivity index is 0.000000510. The number of nitrogens with zero attached hydrogens (tertiary/aromatic N) is 4. The maximum absolute atomic E-state index is 12.2. The number of unbranched alkanes of at least 4 members (excludes halogenated alkanes) is 4. The van der Waals surface area contributed by atoms with Crippen molar-refractivity contribution >= 4 is 165 Å². The van der Waals surface area contributed by atoms with Gasteiger partial charge in [-0.05, 0) is 252 Å². The molecule has 4 N–H and O–H groups in total. The minimum atomic E-state index is -4.73. The molecule has 0 radical (unpaired) electrons. The molecule has 34 nitrogen and oxygen atoms in total. The van der Waals surface area contributed by atoms with Gasteiger partial charge in [0.25, 0.3) is 0 Å². The Bertz CT molecular complexity index is 6270. The second-order valence-corrected chi connectivity index (χ2v) is 44.7. The number of halogens is 1. The molecular weight excluding hydrogens is 2110 g/mol. The van der Waals surface area contributed by atoms with Crippen LogP contribution in [0.15, 0.2) is 228 Å². The first-order valence-corrected chi connectivity index (χ1v) is 53.8. The number of rotatable bonds is 48. The summed E-state index contributed by atoms with van der Waals surface area (Å²) in [6.07, 6.45) is 25.4. The largest absolute Gasteiger partial charge is 1.00 e. The maximum atomic E-state index is 12.2. The zero-order chi connectivity index (χ0) is 101. The summed E-state index contributed by atoms with van der Waals surface area (Å²) in [5, 5.41) is 91.8. The van der Waals surface area contributed by atoms with Crippen LogP contribution in [0.25, 0.3) is 5.57 Å². The van der Waals surface area contributed by atoms with E-state index in [-0.39, 0.29) is 213 Å². The van der Waals surface area contributed by atoms with E-state index in [1.54, 1.807) is 42.5 Å². The fraction of sp³-hybridized carbons (Fsp3) is 0.404. The molecule has 144 heavy (non-hydrogen) atoms. The van der Waals surface area contributed by atoms with Crippen LogP contribution in [0.1, 0.15) is 197 Å². The van der Waals surface area contributed by atoms with Gasteiger partial charge in [0.2, 0.25) is 11.4 Å². The molecule has 6 aromatic rings. The molecule has 4 aliphatic heterocycles. The monoisotopic (exact) mass is 2210 g/mol. The number of carboxylic acids is 2. The van der Waals surface area contributed by atoms with Crippen molar-refractivity contribution in [1.29, 1.82) is 0 Å². The molecule has 0 saturated carbocycles. The van der Waals surface area contributed by atoms with Crippen LogP contribution in [0.4, 0.5) is 22.7 Å². The normalized spacial score (nSPS) is 16.9. The Morgan fingerprint density at radius 2 is 0.861 bits per heavy atom. The van der Waals surface area contributed by atoms with Crippen LogP contribution in [0.3, 0.4) is 0 Å². The molecule has 12 rings (SSSR count). The van der Waals surface area contributed by atoms with Crippen LogP contribution in [0, 0.1) is 0 Å². The van der Waals surface area contributed by atoms with E-state index in [1.165, 1.54) is 24.3 Å². The van der Waals surface area contributed by atoms with Crippen LogP contribution in [-0.2, 0) is 122 Å². The summed E-state index contributed by atoms with van der Waals surface area (Å²) in [7, 11) is -19.6. The van der Waals surface area contributed by atoms with Crippen molar-refractivity contribution in [3.8, 4) is 0 Å². The van der Waals surface area contributed by atoms with Crippen molar-refractivity contribution < 1.29 is 327 Å². The summed E-state index contributed by atoms with van der Waals surface area (Å²) in [5.41, 5.74) is 16.0. The van der Waals surface area contributed by atoms with Gasteiger partial charge < -0.3 is 69.3 Å². The number of fused-ring (bicyclic) bond motifs is 4. The zero-order valence-electron chi connectivity index (χ0n) is 83.0. The smallest absolute Gasteiger partial charge is 0.748 e. The average molecular weight is 2210 g/mol. The molecular formula is C94H108BClN4Na6O30S8. The maximum Gasteiger partial charge on any atom is 1.00 e. The zero-order valence-corrected chi connectivity index (χ0v) is 102. The number of aryl methyl sites for hydroxylation is 2. The third kappa shape index (κ3) is 37.6. The number of hydrogen-bond donors (Lipinski definition) is 4. The first-order chi connectivity index (χ1) is 65.2. The number of carboxylic acid groups (broad SMARTS) is 2. The van der Waals surface area contributed by atoms with Gasteiger partial charge in [-0.25, -0.2) is 33.7 Å². The molecule has 4 heterocycles. The predicted molar refractivity (Wildman–Crippen MR) is 512 cm³/mol. The molecule has 6 aliphatic rings. The molecule has 0 spiro atoms. The standard InChI is InChI=1S/C47H56N2O14S4.C37H45ClN2O12S4.C10H13BO4.6Na/c1-46(2)38-30-36(65-63-61-53)19-21-40(38)49(26-6-8-28-66(54,55)56)42(46)23-17-33-15-16-34(45(33)35-13-9-11-32(29-35)12-10-14-44(50)51)18-24-43-47(3,4)39-31-37(67(57,58)59)20-22-41(39)48(43)25-5-7-27-64-62-60-52;1-36(2)29-23-27(54-52-50-42)13-15-31(29)40(20-6-8-22-55(43,44)45)33(36)17-11-25-9-10-26(35(25)38)12-18-34-37(3,4)30-24-28(56(46,47)48)14-16-32(30)39(34)19-5-7-21-53-51-49-41;12-10(13)6-2-4-8-3-1-5-9(7-8)11(14)15;;;;;;/h9,11,13,17-24,29-31H,5-8,10,12,14-16,25-28H2,1-4H3,(H4-,50,51,52,53,54,55,56,57,58,59);11-18,23-24H,5-10,19-22H2,1-4H3,(H3-,41,42,43,44,45,46,47,48);1,3,5,7,14-15H,2,4,6H2,(H,12,13);;;;;;/q;;;6*+1/p-6. The van der Waals surface area contributed by atoms with Gasteiger partial charge in [-0.1, -0.05) is 112 Å². The van der Waals surface area contributed by atoms with E-state index in [9.17, 15) is 87.6 Å². The van der Waals surface area contributed by atoms with Gasteiger partial charge in [0.1, 0.15) is 33.3 Å². The number of carbonyl (C=O) groups is 2. The Morgan fingerprint density at radius 1 is 0.451 bits per heavy atom. The molecule has 0 unspecified atom stereocenters. The van der Waals surface area contributed by atoms with Crippen LogP contribution in [0.5, 0.6) is 0 Å². The van der Waals surface area contributed by atoms with Crippen LogP contribution < -0.4 is 214 Å². The first kappa shape index (κ1) is 134. The van der Waals surface area contributed by atoms with Crippen molar-refractivity contribution in [2.45, 2.75) is 212 Å². The summed E-state index contributed by atoms with van der Waals surface area (Å²) < 4.78 is 163. The van der Waals surface area contributed by atoms with Crippen LogP contribution in [0.2, 0.25) is 0 Å². The Kier molecular flexibility index (Phi) is 57.8. The van der Waals surface area contributed by atoms with E-state index in [0.717, 1.165) is 149 Å². The van der Waals surface area contributed by atoms with E-state index in [1.807, 2.05) is 101 Å². The van der Waals surface area contributed by atoms with Crippen molar-refractivity contribution in [2.75, 3.05) is 59.0 Å². The van der Waals surface area contributed by atoms with Gasteiger partial charge in [0, 0.05) is 170 Å². The van der Waals surface area contributed by atoms with Gasteiger partial charge in [0.05, 0.1) is 64.9 Å². The summed E-state index contributed by atoms with van der Waals surface area (Å²) in [6, 6.07) is 35.1. The molecule has 50 heteroatoms. The number of benzene rings is 6. The Labute approximate surface area is 997 Å². The van der Waals surface area contributed by atoms with E-state index >= 15 is 0 Å². The van der Waals surface area contributed by atoms with Gasteiger partial charge in [-0.2, -0.15) is 26.5 Å². The van der Waals surface area contributed by atoms with Gasteiger partial charge >= 0.3 is 196 Å². The number of aliphatic carboxylic acids is 2. The number of allylic oxidation sites excluding steroid dienone is 16. The van der Waals surface area contributed by atoms with E-state index in [2.05, 4.69) is 115 Å². The number of hydrogen-bond acceptors (Lipinski definition) is 34. The molecule has 2 aliphatic carbocycles. The molecule has 0 fully saturated rings. The summed E-state index contributed by atoms with van der Waals surface area (Å²) >= 11 is 10.4. The van der Waals surface area contributed by atoms with Gasteiger partial charge in [-0.3, -0.25) is 29.7 Å². The topological polar surface area (TPSA) is 522 Å². The van der Waals surface area contributed by atoms with Crippen molar-refractivity contribution in [3.63, 3.8) is 0 Å². The molecule has 748 valence electrons. The molecule has 0 atom stereocenters. The number of anilines is 2. The second-order valence-electron chi connectivity index (χ2n) is 35.4. The van der Waals surface area contributed by atoms with E-state index in [0.29, 0.717) is 159 Å². The molecule has 6 aromatic carbocycles. The minimum absolute atomic E-state index is 0. The molecule has 0 aromatic heterocycles. The van der Waals surface area contributed by atoms with Crippen molar-refractivity contribution in [2.24, 2.45) is 0 Å². The Morgan fingerprint density at radius 3 is 1.28 bits per heavy atom. The predicted octanol–water partition coefficient (Wildman–Crippen LogP) is -5.58. The van der Waals surface area contributed by atoms with Gasteiger partial charge in [0.15, 0.2) is 11.4 Å². The minimum Gasteiger partial charge on any atom is -0.748 e. The fourth-order valence-electron chi connectivity index (χ4n) is 18.0. The van der Waals surface area contributed by atoms with Crippen LogP contribution in [-0.4, -0.2) is 161 Å². The van der Waals surface area contributed by atoms with Crippen molar-refractivity contribution in [3.05, 3.63) is 248 Å².